The number of hydrogen-bond acceptors (Lipinski definition) is 0. The molecule has 0 nitrogen and oxygen atoms in total. The third kappa shape index (κ3) is 5.90. The maximum Gasteiger partial charge on any atom is 0.0314 e. The quantitative estimate of drug-likeness (QED) is 0.359. The predicted octanol–water partition coefficient (Wildman–Crippen LogP) is 7.60. The van der Waals surface area contributed by atoms with Crippen molar-refractivity contribution in [2.75, 3.05) is 0 Å². The molecular weight excluding hydrogens is 312 g/mol. The minimum absolute atomic E-state index is 1.01. The van der Waals surface area contributed by atoms with Crippen LogP contribution in [0.4, 0.5) is 0 Å². The summed E-state index contributed by atoms with van der Waals surface area (Å²) >= 11 is 0. The van der Waals surface area contributed by atoms with Crippen LogP contribution in [-0.2, 0) is 32.1 Å². The fourth-order valence-corrected chi connectivity index (χ4v) is 4.16. The van der Waals surface area contributed by atoms with Crippen LogP contribution in [-0.4, -0.2) is 0 Å². The van der Waals surface area contributed by atoms with Gasteiger partial charge in [0.15, 0.2) is 0 Å². The molecule has 0 radical (unpaired) electrons. The Kier molecular flexibility index (Phi) is 11.4. The van der Waals surface area contributed by atoms with Gasteiger partial charge in [0.25, 0.3) is 0 Å². The SMILES string of the molecule is CCCC#Cc1c(CCC)c(CCC)c(CCC)c(CCC)c1CCC. The van der Waals surface area contributed by atoms with Crippen LogP contribution in [0.5, 0.6) is 0 Å². The van der Waals surface area contributed by atoms with E-state index < -0.39 is 0 Å². The molecule has 0 N–H and O–H groups in total. The lowest BCUT2D eigenvalue weighted by Gasteiger charge is -2.25. The lowest BCUT2D eigenvalue weighted by Crippen LogP contribution is -2.13. The zero-order chi connectivity index (χ0) is 19.4. The highest BCUT2D eigenvalue weighted by molar-refractivity contribution is 5.59. The summed E-state index contributed by atoms with van der Waals surface area (Å²) in [6, 6.07) is 0. The first-order valence-corrected chi connectivity index (χ1v) is 11.4. The molecule has 0 saturated heterocycles. The molecule has 0 saturated carbocycles. The smallest absolute Gasteiger partial charge is 0.0314 e. The molecule has 0 unspecified atom stereocenters. The summed E-state index contributed by atoms with van der Waals surface area (Å²) in [7, 11) is 0. The van der Waals surface area contributed by atoms with Crippen LogP contribution in [0, 0.1) is 11.8 Å². The molecule has 0 fully saturated rings. The summed E-state index contributed by atoms with van der Waals surface area (Å²) in [6.07, 6.45) is 14.3. The predicted molar refractivity (Wildman–Crippen MR) is 118 cm³/mol. The van der Waals surface area contributed by atoms with Gasteiger partial charge in [-0.2, -0.15) is 0 Å². The summed E-state index contributed by atoms with van der Waals surface area (Å²) in [5, 5.41) is 0. The molecule has 0 aliphatic heterocycles. The summed E-state index contributed by atoms with van der Waals surface area (Å²) in [5.74, 6) is 7.16. The minimum Gasteiger partial charge on any atom is -0.0979 e. The summed E-state index contributed by atoms with van der Waals surface area (Å²) in [4.78, 5) is 0. The maximum atomic E-state index is 3.67. The maximum absolute atomic E-state index is 3.67. The van der Waals surface area contributed by atoms with Crippen molar-refractivity contribution in [3.8, 4) is 11.8 Å². The van der Waals surface area contributed by atoms with E-state index in [0.29, 0.717) is 0 Å². The van der Waals surface area contributed by atoms with Gasteiger partial charge in [-0.25, -0.2) is 0 Å². The van der Waals surface area contributed by atoms with Crippen molar-refractivity contribution in [3.05, 3.63) is 33.4 Å². The highest BCUT2D eigenvalue weighted by Gasteiger charge is 2.20. The number of benzene rings is 1. The molecule has 0 amide bonds. The average Bonchev–Trinajstić information content (AvgIpc) is 2.63. The van der Waals surface area contributed by atoms with E-state index in [1.165, 1.54) is 69.8 Å². The van der Waals surface area contributed by atoms with Gasteiger partial charge in [0, 0.05) is 12.0 Å². The zero-order valence-electron chi connectivity index (χ0n) is 18.5. The molecule has 0 spiro atoms. The van der Waals surface area contributed by atoms with E-state index in [-0.39, 0.29) is 0 Å². The van der Waals surface area contributed by atoms with Gasteiger partial charge in [-0.3, -0.25) is 0 Å². The Morgan fingerprint density at radius 1 is 0.462 bits per heavy atom. The number of hydrogen-bond donors (Lipinski definition) is 0. The number of unbranched alkanes of at least 4 members (excludes halogenated alkanes) is 1. The molecule has 0 aliphatic rings. The first-order valence-electron chi connectivity index (χ1n) is 11.4. The largest absolute Gasteiger partial charge is 0.0979 e. The van der Waals surface area contributed by atoms with Gasteiger partial charge in [0.2, 0.25) is 0 Å². The molecule has 0 aliphatic carbocycles. The van der Waals surface area contributed by atoms with Crippen LogP contribution < -0.4 is 0 Å². The van der Waals surface area contributed by atoms with Crippen molar-refractivity contribution in [2.24, 2.45) is 0 Å². The monoisotopic (exact) mass is 354 g/mol. The molecule has 0 bridgehead atoms. The van der Waals surface area contributed by atoms with E-state index in [2.05, 4.69) is 53.4 Å². The van der Waals surface area contributed by atoms with Gasteiger partial charge >= 0.3 is 0 Å². The van der Waals surface area contributed by atoms with E-state index >= 15 is 0 Å². The van der Waals surface area contributed by atoms with Crippen molar-refractivity contribution in [1.82, 2.24) is 0 Å². The van der Waals surface area contributed by atoms with E-state index in [0.717, 1.165) is 12.8 Å². The van der Waals surface area contributed by atoms with Crippen molar-refractivity contribution in [2.45, 2.75) is 119 Å². The molecule has 0 heterocycles. The standard InChI is InChI=1S/C26H42/c1-7-13-14-20-26-24(18-11-5)22(16-9-3)21(15-8-2)23(17-10-4)25(26)19-12-6/h7-13,15-19H2,1-6H3. The van der Waals surface area contributed by atoms with Crippen LogP contribution in [0.1, 0.15) is 120 Å². The van der Waals surface area contributed by atoms with Crippen LogP contribution in [0.2, 0.25) is 0 Å². The Morgan fingerprint density at radius 2 is 0.808 bits per heavy atom. The Bertz CT molecular complexity index is 558. The van der Waals surface area contributed by atoms with Crippen LogP contribution in [0.15, 0.2) is 0 Å². The van der Waals surface area contributed by atoms with Gasteiger partial charge in [-0.1, -0.05) is 85.5 Å². The third-order valence-electron chi connectivity index (χ3n) is 5.15. The minimum atomic E-state index is 1.01. The molecule has 0 heteroatoms. The van der Waals surface area contributed by atoms with Gasteiger partial charge in [-0.15, -0.1) is 0 Å². The second-order valence-corrected chi connectivity index (χ2v) is 7.57. The Morgan fingerprint density at radius 3 is 1.15 bits per heavy atom. The highest BCUT2D eigenvalue weighted by atomic mass is 14.2. The Balaban J connectivity index is 3.82. The Hall–Kier alpha value is -1.22. The van der Waals surface area contributed by atoms with Gasteiger partial charge in [0.05, 0.1) is 0 Å². The molecule has 0 atom stereocenters. The van der Waals surface area contributed by atoms with Crippen LogP contribution in [0.3, 0.4) is 0 Å². The zero-order valence-corrected chi connectivity index (χ0v) is 18.5. The van der Waals surface area contributed by atoms with Crippen molar-refractivity contribution >= 4 is 0 Å². The van der Waals surface area contributed by atoms with Crippen LogP contribution in [0.25, 0.3) is 0 Å². The van der Waals surface area contributed by atoms with Crippen molar-refractivity contribution < 1.29 is 0 Å². The van der Waals surface area contributed by atoms with Gasteiger partial charge < -0.3 is 0 Å². The molecule has 1 aromatic carbocycles. The van der Waals surface area contributed by atoms with Gasteiger partial charge in [0.1, 0.15) is 0 Å². The third-order valence-corrected chi connectivity index (χ3v) is 5.15. The fourth-order valence-electron chi connectivity index (χ4n) is 4.16. The first-order chi connectivity index (χ1) is 12.7. The highest BCUT2D eigenvalue weighted by Crippen LogP contribution is 2.33. The molecule has 1 aromatic rings. The summed E-state index contributed by atoms with van der Waals surface area (Å²) < 4.78 is 0. The van der Waals surface area contributed by atoms with Crippen molar-refractivity contribution in [3.63, 3.8) is 0 Å². The number of rotatable bonds is 11. The molecule has 146 valence electrons. The van der Waals surface area contributed by atoms with E-state index in [4.69, 9.17) is 0 Å². The molecule has 26 heavy (non-hydrogen) atoms. The van der Waals surface area contributed by atoms with E-state index in [9.17, 15) is 0 Å². The van der Waals surface area contributed by atoms with E-state index in [1.807, 2.05) is 0 Å². The molecule has 1 rings (SSSR count). The normalized spacial score (nSPS) is 10.7. The fraction of sp³-hybridized carbons (Fsp3) is 0.692. The van der Waals surface area contributed by atoms with Crippen molar-refractivity contribution in [1.29, 1.82) is 0 Å². The summed E-state index contributed by atoms with van der Waals surface area (Å²) in [6.45, 7) is 13.8. The topological polar surface area (TPSA) is 0 Å². The second kappa shape index (κ2) is 13.0. The Labute approximate surface area is 164 Å². The van der Waals surface area contributed by atoms with Gasteiger partial charge in [-0.05, 0) is 66.3 Å². The molecule has 0 aromatic heterocycles. The second-order valence-electron chi connectivity index (χ2n) is 7.57. The molecular formula is C26H42. The first kappa shape index (κ1) is 22.8. The lowest BCUT2D eigenvalue weighted by molar-refractivity contribution is 0.778. The van der Waals surface area contributed by atoms with Crippen LogP contribution >= 0.6 is 0 Å². The van der Waals surface area contributed by atoms with E-state index in [1.54, 1.807) is 27.8 Å². The lowest BCUT2D eigenvalue weighted by atomic mass is 9.79. The average molecular weight is 355 g/mol. The summed E-state index contributed by atoms with van der Waals surface area (Å²) in [5.41, 5.74) is 9.66.